The van der Waals surface area contributed by atoms with Gasteiger partial charge in [-0.1, -0.05) is 35.3 Å². The van der Waals surface area contributed by atoms with Crippen molar-refractivity contribution >= 4 is 47.4 Å². The predicted octanol–water partition coefficient (Wildman–Crippen LogP) is 6.03. The lowest BCUT2D eigenvalue weighted by Crippen LogP contribution is -2.31. The Hall–Kier alpha value is -2.84. The topological polar surface area (TPSA) is 98.7 Å². The number of nitrogens with zero attached hydrogens (tertiary/aromatic N) is 2. The molecule has 3 aromatic rings. The van der Waals surface area contributed by atoms with Gasteiger partial charge in [0, 0.05) is 46.7 Å². The van der Waals surface area contributed by atoms with E-state index in [9.17, 15) is 14.9 Å². The summed E-state index contributed by atoms with van der Waals surface area (Å²) in [6.45, 7) is 1.34. The molecule has 0 spiro atoms. The Bertz CT molecular complexity index is 1220. The second-order valence-electron chi connectivity index (χ2n) is 7.65. The summed E-state index contributed by atoms with van der Waals surface area (Å²) in [5.41, 5.74) is 9.39. The fourth-order valence-corrected chi connectivity index (χ4v) is 4.77. The van der Waals surface area contributed by atoms with E-state index < -0.39 is 11.0 Å². The van der Waals surface area contributed by atoms with E-state index in [1.165, 1.54) is 12.1 Å². The van der Waals surface area contributed by atoms with Gasteiger partial charge in [-0.15, -0.1) is 12.4 Å². The van der Waals surface area contributed by atoms with Crippen molar-refractivity contribution in [3.8, 4) is 16.9 Å². The Morgan fingerprint density at radius 2 is 1.85 bits per heavy atom. The van der Waals surface area contributed by atoms with Crippen molar-refractivity contribution in [2.45, 2.75) is 12.5 Å². The summed E-state index contributed by atoms with van der Waals surface area (Å²) in [5.74, 6) is 0.133. The highest BCUT2D eigenvalue weighted by Gasteiger charge is 2.30. The normalized spacial score (nSPS) is 15.3. The highest BCUT2D eigenvalue weighted by atomic mass is 35.5. The zero-order valence-electron chi connectivity index (χ0n) is 17.5. The van der Waals surface area contributed by atoms with Crippen molar-refractivity contribution < 1.29 is 14.5 Å². The third-order valence-corrected chi connectivity index (χ3v) is 6.06. The van der Waals surface area contributed by atoms with E-state index in [0.29, 0.717) is 34.3 Å². The van der Waals surface area contributed by atoms with Gasteiger partial charge >= 0.3 is 6.09 Å². The Labute approximate surface area is 206 Å². The number of benzene rings is 3. The molecule has 0 saturated heterocycles. The maximum atomic E-state index is 11.6. The molecule has 33 heavy (non-hydrogen) atoms. The summed E-state index contributed by atoms with van der Waals surface area (Å²) in [6.07, 6.45) is -0.947. The molecule has 1 aliphatic rings. The second-order valence-corrected chi connectivity index (χ2v) is 8.49. The van der Waals surface area contributed by atoms with E-state index in [2.05, 4.69) is 4.90 Å². The summed E-state index contributed by atoms with van der Waals surface area (Å²) in [5, 5.41) is 12.2. The second kappa shape index (κ2) is 9.97. The first-order chi connectivity index (χ1) is 15.2. The third-order valence-electron chi connectivity index (χ3n) is 5.50. The van der Waals surface area contributed by atoms with Crippen LogP contribution in [0, 0.1) is 10.1 Å². The van der Waals surface area contributed by atoms with E-state index in [1.807, 2.05) is 19.2 Å². The predicted molar refractivity (Wildman–Crippen MR) is 131 cm³/mol. The Morgan fingerprint density at radius 3 is 2.48 bits per heavy atom. The zero-order valence-corrected chi connectivity index (χ0v) is 19.8. The molecule has 0 aromatic heterocycles. The molecule has 4 rings (SSSR count). The number of likely N-dealkylation sites (N-methyl/N-ethyl adjacent to an activating group) is 1. The van der Waals surface area contributed by atoms with Gasteiger partial charge in [0.05, 0.1) is 4.92 Å². The number of nitrogens with two attached hydrogens (primary N) is 1. The SMILES string of the molecule is CN1Cc2c(Cl)cc(Cl)cc2C(c2cccc(OC(N)=O)c2-c2ccc([N+](=O)[O-])cc2)C1.Cl. The van der Waals surface area contributed by atoms with Crippen LogP contribution in [-0.2, 0) is 6.54 Å². The van der Waals surface area contributed by atoms with Crippen LogP contribution in [0.2, 0.25) is 10.0 Å². The number of primary amides is 1. The Balaban J connectivity index is 0.00000306. The summed E-state index contributed by atoms with van der Waals surface area (Å²) < 4.78 is 5.31. The van der Waals surface area contributed by atoms with E-state index >= 15 is 0 Å². The molecule has 2 N–H and O–H groups in total. The van der Waals surface area contributed by atoms with Crippen LogP contribution in [0.1, 0.15) is 22.6 Å². The Morgan fingerprint density at radius 1 is 1.15 bits per heavy atom. The molecule has 10 heteroatoms. The molecule has 0 bridgehead atoms. The molecule has 0 aliphatic carbocycles. The number of halogens is 3. The number of rotatable bonds is 4. The molecular formula is C23H20Cl3N3O4. The molecule has 0 fully saturated rings. The van der Waals surface area contributed by atoms with E-state index in [1.54, 1.807) is 30.3 Å². The van der Waals surface area contributed by atoms with Crippen molar-refractivity contribution in [3.63, 3.8) is 0 Å². The number of ether oxygens (including phenoxy) is 1. The molecule has 1 aliphatic heterocycles. The van der Waals surface area contributed by atoms with Gasteiger partial charge in [0.1, 0.15) is 5.75 Å². The summed E-state index contributed by atoms with van der Waals surface area (Å²) in [6, 6.07) is 15.1. The lowest BCUT2D eigenvalue weighted by atomic mass is 9.81. The number of nitro benzene ring substituents is 1. The molecule has 172 valence electrons. The quantitative estimate of drug-likeness (QED) is 0.343. The van der Waals surface area contributed by atoms with Crippen LogP contribution in [0.3, 0.4) is 0 Å². The summed E-state index contributed by atoms with van der Waals surface area (Å²) in [7, 11) is 2.00. The maximum Gasteiger partial charge on any atom is 0.409 e. The molecule has 0 saturated carbocycles. The average Bonchev–Trinajstić information content (AvgIpc) is 2.73. The minimum absolute atomic E-state index is 0. The van der Waals surface area contributed by atoms with Crippen LogP contribution in [0.4, 0.5) is 10.5 Å². The van der Waals surface area contributed by atoms with Crippen molar-refractivity contribution in [2.75, 3.05) is 13.6 Å². The molecule has 1 unspecified atom stereocenters. The van der Waals surface area contributed by atoms with E-state index in [-0.39, 0.29) is 29.8 Å². The first-order valence-electron chi connectivity index (χ1n) is 9.76. The lowest BCUT2D eigenvalue weighted by Gasteiger charge is -2.34. The monoisotopic (exact) mass is 507 g/mol. The van der Waals surface area contributed by atoms with Gasteiger partial charge in [-0.05, 0) is 59.6 Å². The fourth-order valence-electron chi connectivity index (χ4n) is 4.20. The van der Waals surface area contributed by atoms with Crippen LogP contribution in [0.5, 0.6) is 5.75 Å². The minimum Gasteiger partial charge on any atom is -0.410 e. The van der Waals surface area contributed by atoms with Crippen molar-refractivity contribution in [3.05, 3.63) is 91.4 Å². The van der Waals surface area contributed by atoms with Crippen molar-refractivity contribution in [1.29, 1.82) is 0 Å². The molecule has 1 heterocycles. The standard InChI is InChI=1S/C23H19Cl2N3O4.ClH/c1-27-11-18(17-9-14(24)10-20(25)19(17)12-27)16-3-2-4-21(32-23(26)29)22(16)13-5-7-15(8-6-13)28(30)31;/h2-10,18H,11-12H2,1H3,(H2,26,29);1H. The highest BCUT2D eigenvalue weighted by Crippen LogP contribution is 2.44. The van der Waals surface area contributed by atoms with Gasteiger partial charge in [-0.25, -0.2) is 4.79 Å². The highest BCUT2D eigenvalue weighted by molar-refractivity contribution is 6.35. The largest absolute Gasteiger partial charge is 0.410 e. The van der Waals surface area contributed by atoms with Crippen LogP contribution >= 0.6 is 35.6 Å². The summed E-state index contributed by atoms with van der Waals surface area (Å²) >= 11 is 12.8. The summed E-state index contributed by atoms with van der Waals surface area (Å²) in [4.78, 5) is 24.4. The van der Waals surface area contributed by atoms with Gasteiger partial charge < -0.3 is 15.4 Å². The van der Waals surface area contributed by atoms with Crippen LogP contribution in [0.15, 0.2) is 54.6 Å². The van der Waals surface area contributed by atoms with Crippen LogP contribution < -0.4 is 10.5 Å². The van der Waals surface area contributed by atoms with Crippen molar-refractivity contribution in [2.24, 2.45) is 5.73 Å². The number of hydrogen-bond acceptors (Lipinski definition) is 5. The van der Waals surface area contributed by atoms with Gasteiger partial charge in [-0.3, -0.25) is 10.1 Å². The van der Waals surface area contributed by atoms with Crippen molar-refractivity contribution in [1.82, 2.24) is 4.90 Å². The molecule has 1 atom stereocenters. The van der Waals surface area contributed by atoms with Gasteiger partial charge in [0.15, 0.2) is 0 Å². The molecule has 3 aromatic carbocycles. The number of carbonyl (C=O) groups is 1. The average molecular weight is 509 g/mol. The fraction of sp³-hybridized carbons (Fsp3) is 0.174. The smallest absolute Gasteiger partial charge is 0.409 e. The first kappa shape index (κ1) is 24.8. The number of hydrogen-bond donors (Lipinski definition) is 1. The van der Waals surface area contributed by atoms with Gasteiger partial charge in [-0.2, -0.15) is 0 Å². The molecule has 0 radical (unpaired) electrons. The molecular weight excluding hydrogens is 489 g/mol. The van der Waals surface area contributed by atoms with Crippen LogP contribution in [0.25, 0.3) is 11.1 Å². The number of non-ortho nitro benzene ring substituents is 1. The molecule has 1 amide bonds. The minimum atomic E-state index is -0.947. The zero-order chi connectivity index (χ0) is 23.0. The van der Waals surface area contributed by atoms with Gasteiger partial charge in [0.2, 0.25) is 0 Å². The number of nitro groups is 1. The first-order valence-corrected chi connectivity index (χ1v) is 10.5. The number of amides is 1. The van der Waals surface area contributed by atoms with E-state index in [0.717, 1.165) is 16.7 Å². The number of carbonyl (C=O) groups excluding carboxylic acids is 1. The lowest BCUT2D eigenvalue weighted by molar-refractivity contribution is -0.384. The van der Waals surface area contributed by atoms with E-state index in [4.69, 9.17) is 33.7 Å². The third kappa shape index (κ3) is 5.07. The molecule has 7 nitrogen and oxygen atoms in total. The number of fused-ring (bicyclic) bond motifs is 1. The van der Waals surface area contributed by atoms with Crippen LogP contribution in [-0.4, -0.2) is 29.5 Å². The maximum absolute atomic E-state index is 11.6. The Kier molecular flexibility index (Phi) is 7.49. The van der Waals surface area contributed by atoms with Gasteiger partial charge in [0.25, 0.3) is 5.69 Å².